The Kier molecular flexibility index (Phi) is 4.78. The van der Waals surface area contributed by atoms with Gasteiger partial charge in [-0.05, 0) is 32.8 Å². The fourth-order valence-electron chi connectivity index (χ4n) is 1.85. The molecule has 1 aromatic rings. The fraction of sp³-hybridized carbons (Fsp3) is 0.615. The van der Waals surface area contributed by atoms with E-state index in [2.05, 4.69) is 15.5 Å². The monoisotopic (exact) mass is 250 g/mol. The molecule has 0 aliphatic rings. The lowest BCUT2D eigenvalue weighted by atomic mass is 9.92. The van der Waals surface area contributed by atoms with Crippen LogP contribution in [0, 0.1) is 13.8 Å². The van der Waals surface area contributed by atoms with Gasteiger partial charge in [0.25, 0.3) is 5.91 Å². The Morgan fingerprint density at radius 3 is 2.44 bits per heavy atom. The van der Waals surface area contributed by atoms with Crippen LogP contribution in [0.25, 0.3) is 0 Å². The molecule has 1 heterocycles. The first kappa shape index (κ1) is 14.6. The molecule has 0 spiro atoms. The van der Waals surface area contributed by atoms with Gasteiger partial charge in [-0.15, -0.1) is 0 Å². The molecule has 18 heavy (non-hydrogen) atoms. The topological polar surface area (TPSA) is 80.9 Å². The van der Waals surface area contributed by atoms with Crippen LogP contribution >= 0.6 is 0 Å². The minimum Gasteiger partial charge on any atom is -0.345 e. The number of amides is 1. The molecule has 0 radical (unpaired) electrons. The molecule has 0 aliphatic carbocycles. The van der Waals surface area contributed by atoms with Crippen LogP contribution in [-0.2, 0) is 0 Å². The zero-order chi connectivity index (χ0) is 13.8. The average molecular weight is 250 g/mol. The van der Waals surface area contributed by atoms with E-state index < -0.39 is 0 Å². The Bertz CT molecular complexity index is 419. The Balaban J connectivity index is 2.97. The van der Waals surface area contributed by atoms with Gasteiger partial charge in [-0.1, -0.05) is 13.8 Å². The van der Waals surface area contributed by atoms with E-state index in [9.17, 15) is 4.79 Å². The normalized spacial score (nSPS) is 11.4. The van der Waals surface area contributed by atoms with Gasteiger partial charge >= 0.3 is 0 Å². The third kappa shape index (κ3) is 3.04. The van der Waals surface area contributed by atoms with Crippen molar-refractivity contribution in [1.82, 2.24) is 15.5 Å². The summed E-state index contributed by atoms with van der Waals surface area (Å²) in [4.78, 5) is 12.3. The number of carbonyl (C=O) groups is 1. The van der Waals surface area contributed by atoms with Crippen molar-refractivity contribution in [3.05, 3.63) is 23.0 Å². The molecule has 3 N–H and O–H groups in total. The van der Waals surface area contributed by atoms with Crippen molar-refractivity contribution in [3.63, 3.8) is 0 Å². The first-order chi connectivity index (χ1) is 8.48. The van der Waals surface area contributed by atoms with E-state index in [4.69, 9.17) is 5.73 Å². The Hall–Kier alpha value is -1.49. The fourth-order valence-corrected chi connectivity index (χ4v) is 1.85. The van der Waals surface area contributed by atoms with Crippen molar-refractivity contribution in [2.75, 3.05) is 6.54 Å². The molecule has 0 bridgehead atoms. The second-order valence-electron chi connectivity index (χ2n) is 4.63. The van der Waals surface area contributed by atoms with Gasteiger partial charge in [-0.25, -0.2) is 0 Å². The molecule has 0 atom stereocenters. The number of hydrogen-bond acceptors (Lipinski definition) is 4. The Labute approximate surface area is 108 Å². The van der Waals surface area contributed by atoms with E-state index in [0.717, 1.165) is 18.5 Å². The van der Waals surface area contributed by atoms with Crippen LogP contribution in [0.3, 0.4) is 0 Å². The van der Waals surface area contributed by atoms with Crippen LogP contribution in [0.4, 0.5) is 0 Å². The summed E-state index contributed by atoms with van der Waals surface area (Å²) in [6, 6.07) is 1.75. The summed E-state index contributed by atoms with van der Waals surface area (Å²) in [6.45, 7) is 8.09. The van der Waals surface area contributed by atoms with Gasteiger partial charge < -0.3 is 11.1 Å². The minimum atomic E-state index is -0.333. The molecule has 100 valence electrons. The van der Waals surface area contributed by atoms with Crippen LogP contribution in [0.1, 0.15) is 48.4 Å². The molecule has 0 aliphatic heterocycles. The molecule has 0 aromatic carbocycles. The summed E-state index contributed by atoms with van der Waals surface area (Å²) in [6.07, 6.45) is 1.62. The first-order valence-electron chi connectivity index (χ1n) is 6.31. The molecule has 0 saturated carbocycles. The molecular formula is C13H22N4O. The summed E-state index contributed by atoms with van der Waals surface area (Å²) in [7, 11) is 0. The van der Waals surface area contributed by atoms with Crippen LogP contribution < -0.4 is 11.1 Å². The molecule has 0 saturated heterocycles. The van der Waals surface area contributed by atoms with E-state index in [-0.39, 0.29) is 11.4 Å². The molecule has 0 fully saturated rings. The number of carbonyl (C=O) groups excluding carboxylic acids is 1. The highest BCUT2D eigenvalue weighted by atomic mass is 16.1. The van der Waals surface area contributed by atoms with Gasteiger partial charge in [-0.2, -0.15) is 10.2 Å². The summed E-state index contributed by atoms with van der Waals surface area (Å²) < 4.78 is 0. The number of hydrogen-bond donors (Lipinski definition) is 2. The van der Waals surface area contributed by atoms with E-state index in [1.807, 2.05) is 20.8 Å². The minimum absolute atomic E-state index is 0.125. The quantitative estimate of drug-likeness (QED) is 0.826. The predicted octanol–water partition coefficient (Wildman–Crippen LogP) is 1.34. The SMILES string of the molecule is CCC(CC)(CN)NC(=O)c1cc(C)nnc1C. The van der Waals surface area contributed by atoms with E-state index in [1.54, 1.807) is 13.0 Å². The van der Waals surface area contributed by atoms with Crippen molar-refractivity contribution >= 4 is 5.91 Å². The lowest BCUT2D eigenvalue weighted by Crippen LogP contribution is -2.53. The van der Waals surface area contributed by atoms with Crippen molar-refractivity contribution in [3.8, 4) is 0 Å². The highest BCUT2D eigenvalue weighted by Crippen LogP contribution is 2.15. The average Bonchev–Trinajstić information content (AvgIpc) is 2.38. The van der Waals surface area contributed by atoms with Crippen LogP contribution in [0.15, 0.2) is 6.07 Å². The lowest BCUT2D eigenvalue weighted by molar-refractivity contribution is 0.0894. The van der Waals surface area contributed by atoms with Gasteiger partial charge in [0, 0.05) is 6.54 Å². The smallest absolute Gasteiger partial charge is 0.253 e. The van der Waals surface area contributed by atoms with Crippen LogP contribution in [-0.4, -0.2) is 28.2 Å². The number of aromatic nitrogens is 2. The molecule has 5 heteroatoms. The third-order valence-corrected chi connectivity index (χ3v) is 3.47. The molecule has 1 aromatic heterocycles. The number of rotatable bonds is 5. The van der Waals surface area contributed by atoms with Crippen molar-refractivity contribution in [2.45, 2.75) is 46.1 Å². The Morgan fingerprint density at radius 2 is 1.94 bits per heavy atom. The number of nitrogens with one attached hydrogen (secondary N) is 1. The summed E-state index contributed by atoms with van der Waals surface area (Å²) in [5.41, 5.74) is 7.39. The molecule has 1 rings (SSSR count). The number of aryl methyl sites for hydroxylation is 2. The predicted molar refractivity (Wildman–Crippen MR) is 71.3 cm³/mol. The van der Waals surface area contributed by atoms with E-state index in [0.29, 0.717) is 17.8 Å². The van der Waals surface area contributed by atoms with Crippen LogP contribution in [0.5, 0.6) is 0 Å². The molecule has 0 unspecified atom stereocenters. The largest absolute Gasteiger partial charge is 0.345 e. The van der Waals surface area contributed by atoms with Gasteiger partial charge in [0.05, 0.1) is 22.5 Å². The highest BCUT2D eigenvalue weighted by molar-refractivity contribution is 5.95. The van der Waals surface area contributed by atoms with E-state index in [1.165, 1.54) is 0 Å². The van der Waals surface area contributed by atoms with Gasteiger partial charge in [0.1, 0.15) is 0 Å². The van der Waals surface area contributed by atoms with E-state index >= 15 is 0 Å². The van der Waals surface area contributed by atoms with Crippen LogP contribution in [0.2, 0.25) is 0 Å². The molecule has 5 nitrogen and oxygen atoms in total. The summed E-state index contributed by atoms with van der Waals surface area (Å²) in [5, 5.41) is 10.9. The third-order valence-electron chi connectivity index (χ3n) is 3.47. The summed E-state index contributed by atoms with van der Waals surface area (Å²) in [5.74, 6) is -0.125. The van der Waals surface area contributed by atoms with Crippen molar-refractivity contribution < 1.29 is 4.79 Å². The maximum absolute atomic E-state index is 12.3. The van der Waals surface area contributed by atoms with Gasteiger partial charge in [0.2, 0.25) is 0 Å². The number of nitrogens with two attached hydrogens (primary N) is 1. The lowest BCUT2D eigenvalue weighted by Gasteiger charge is -2.31. The standard InChI is InChI=1S/C13H22N4O/c1-5-13(6-2,8-14)15-12(18)11-7-9(3)16-17-10(11)4/h7H,5-6,8,14H2,1-4H3,(H,15,18). The molecular weight excluding hydrogens is 228 g/mol. The maximum Gasteiger partial charge on any atom is 0.253 e. The number of nitrogens with zero attached hydrogens (tertiary/aromatic N) is 2. The van der Waals surface area contributed by atoms with Crippen molar-refractivity contribution in [1.29, 1.82) is 0 Å². The van der Waals surface area contributed by atoms with Gasteiger partial charge in [0.15, 0.2) is 0 Å². The Morgan fingerprint density at radius 1 is 1.33 bits per heavy atom. The first-order valence-corrected chi connectivity index (χ1v) is 6.31. The molecule has 1 amide bonds. The second-order valence-corrected chi connectivity index (χ2v) is 4.63. The van der Waals surface area contributed by atoms with Gasteiger partial charge in [-0.3, -0.25) is 4.79 Å². The zero-order valence-corrected chi connectivity index (χ0v) is 11.6. The highest BCUT2D eigenvalue weighted by Gasteiger charge is 2.27. The maximum atomic E-state index is 12.3. The van der Waals surface area contributed by atoms with Crippen molar-refractivity contribution in [2.24, 2.45) is 5.73 Å². The zero-order valence-electron chi connectivity index (χ0n) is 11.6. The second kappa shape index (κ2) is 5.91. The summed E-state index contributed by atoms with van der Waals surface area (Å²) >= 11 is 0.